The molecule has 0 fully saturated rings. The Bertz CT molecular complexity index is 204. The fraction of sp³-hybridized carbons (Fsp3) is 0.818. The van der Waals surface area contributed by atoms with Gasteiger partial charge in [-0.15, -0.1) is 0 Å². The Hall–Kier alpha value is -0.900. The quantitative estimate of drug-likeness (QED) is 0.451. The fourth-order valence-corrected chi connectivity index (χ4v) is 1.24. The van der Waals surface area contributed by atoms with Gasteiger partial charge < -0.3 is 4.74 Å². The molecule has 0 spiro atoms. The predicted molar refractivity (Wildman–Crippen MR) is 58.7 cm³/mol. The maximum absolute atomic E-state index is 11.4. The van der Waals surface area contributed by atoms with Gasteiger partial charge in [-0.25, -0.2) is 0 Å². The van der Waals surface area contributed by atoms with Crippen molar-refractivity contribution in [1.82, 2.24) is 4.90 Å². The van der Waals surface area contributed by atoms with Crippen molar-refractivity contribution in [1.29, 1.82) is 0 Å². The van der Waals surface area contributed by atoms with Gasteiger partial charge >= 0.3 is 5.97 Å². The van der Waals surface area contributed by atoms with Crippen LogP contribution >= 0.6 is 0 Å². The third kappa shape index (κ3) is 8.12. The van der Waals surface area contributed by atoms with Crippen LogP contribution in [0.25, 0.3) is 0 Å². The number of esters is 1. The molecule has 0 aliphatic carbocycles. The Labute approximate surface area is 91.6 Å². The molecule has 0 aliphatic rings. The topological polar surface area (TPSA) is 46.6 Å². The summed E-state index contributed by atoms with van der Waals surface area (Å²) in [4.78, 5) is 24.3. The van der Waals surface area contributed by atoms with Gasteiger partial charge in [0.25, 0.3) is 0 Å². The predicted octanol–water partition coefficient (Wildman–Crippen LogP) is 1.24. The van der Waals surface area contributed by atoms with Gasteiger partial charge in [0.2, 0.25) is 0 Å². The normalized spacial score (nSPS) is 10.4. The summed E-state index contributed by atoms with van der Waals surface area (Å²) in [7, 11) is 1.89. The van der Waals surface area contributed by atoms with E-state index in [9.17, 15) is 9.59 Å². The average molecular weight is 215 g/mol. The molecule has 4 nitrogen and oxygen atoms in total. The van der Waals surface area contributed by atoms with E-state index in [2.05, 4.69) is 6.92 Å². The smallest absolute Gasteiger partial charge is 0.313 e. The van der Waals surface area contributed by atoms with Gasteiger partial charge in [0.15, 0.2) is 5.78 Å². The van der Waals surface area contributed by atoms with E-state index in [4.69, 9.17) is 4.74 Å². The number of nitrogens with zero attached hydrogens (tertiary/aromatic N) is 1. The number of carbonyl (C=O) groups excluding carboxylic acids is 2. The number of hydrogen-bond acceptors (Lipinski definition) is 4. The lowest BCUT2D eigenvalue weighted by atomic mass is 10.2. The van der Waals surface area contributed by atoms with Gasteiger partial charge in [0.1, 0.15) is 6.42 Å². The van der Waals surface area contributed by atoms with E-state index in [1.165, 1.54) is 0 Å². The fourth-order valence-electron chi connectivity index (χ4n) is 1.24. The summed E-state index contributed by atoms with van der Waals surface area (Å²) in [6.45, 7) is 5.39. The van der Waals surface area contributed by atoms with Crippen LogP contribution < -0.4 is 0 Å². The van der Waals surface area contributed by atoms with Crippen LogP contribution in [0.1, 0.15) is 33.1 Å². The molecule has 15 heavy (non-hydrogen) atoms. The molecule has 88 valence electrons. The van der Waals surface area contributed by atoms with Crippen molar-refractivity contribution < 1.29 is 14.3 Å². The maximum atomic E-state index is 11.4. The van der Waals surface area contributed by atoms with Gasteiger partial charge in [-0.1, -0.05) is 13.3 Å². The third-order valence-electron chi connectivity index (χ3n) is 1.99. The van der Waals surface area contributed by atoms with Crippen LogP contribution in [0.15, 0.2) is 0 Å². The van der Waals surface area contributed by atoms with Crippen LogP contribution in [0.3, 0.4) is 0 Å². The molecule has 0 aromatic rings. The monoisotopic (exact) mass is 215 g/mol. The van der Waals surface area contributed by atoms with Crippen molar-refractivity contribution in [3.63, 3.8) is 0 Å². The minimum atomic E-state index is -0.425. The zero-order chi connectivity index (χ0) is 11.7. The van der Waals surface area contributed by atoms with E-state index < -0.39 is 5.97 Å². The van der Waals surface area contributed by atoms with Crippen molar-refractivity contribution in [3.05, 3.63) is 0 Å². The average Bonchev–Trinajstić information content (AvgIpc) is 2.14. The molecule has 0 saturated heterocycles. The van der Waals surface area contributed by atoms with E-state index >= 15 is 0 Å². The lowest BCUT2D eigenvalue weighted by Crippen LogP contribution is -2.28. The molecule has 0 heterocycles. The molecule has 0 amide bonds. The maximum Gasteiger partial charge on any atom is 0.313 e. The molecule has 0 unspecified atom stereocenters. The molecule has 0 aliphatic heterocycles. The SMILES string of the molecule is CCCCN(C)CC(=O)CC(=O)OCC. The second-order valence-corrected chi connectivity index (χ2v) is 3.61. The van der Waals surface area contributed by atoms with Crippen LogP contribution in [0, 0.1) is 0 Å². The van der Waals surface area contributed by atoms with Crippen molar-refractivity contribution in [2.24, 2.45) is 0 Å². The van der Waals surface area contributed by atoms with Gasteiger partial charge in [-0.2, -0.15) is 0 Å². The zero-order valence-electron chi connectivity index (χ0n) is 9.91. The summed E-state index contributed by atoms with van der Waals surface area (Å²) in [6.07, 6.45) is 2.07. The summed E-state index contributed by atoms with van der Waals surface area (Å²) < 4.78 is 4.70. The Kier molecular flexibility index (Phi) is 7.91. The minimum Gasteiger partial charge on any atom is -0.466 e. The highest BCUT2D eigenvalue weighted by Gasteiger charge is 2.11. The standard InChI is InChI=1S/C11H21NO3/c1-4-6-7-12(3)9-10(13)8-11(14)15-5-2/h4-9H2,1-3H3. The van der Waals surface area contributed by atoms with E-state index in [1.807, 2.05) is 11.9 Å². The molecule has 4 heteroatoms. The van der Waals surface area contributed by atoms with Crippen LogP contribution in [0.5, 0.6) is 0 Å². The largest absolute Gasteiger partial charge is 0.466 e. The number of hydrogen-bond donors (Lipinski definition) is 0. The first-order valence-corrected chi connectivity index (χ1v) is 5.46. The summed E-state index contributed by atoms with van der Waals surface area (Å²) in [5.41, 5.74) is 0. The molecule has 0 saturated carbocycles. The van der Waals surface area contributed by atoms with Gasteiger partial charge in [0, 0.05) is 0 Å². The third-order valence-corrected chi connectivity index (χ3v) is 1.99. The van der Waals surface area contributed by atoms with E-state index in [0.29, 0.717) is 13.2 Å². The Balaban J connectivity index is 3.68. The van der Waals surface area contributed by atoms with Crippen LogP contribution in [-0.4, -0.2) is 43.4 Å². The molecule has 0 aromatic heterocycles. The second-order valence-electron chi connectivity index (χ2n) is 3.61. The first-order chi connectivity index (χ1) is 7.10. The number of Topliss-reactive ketones (excluding diaryl/α,β-unsaturated/α-hetero) is 1. The van der Waals surface area contributed by atoms with Crippen LogP contribution in [-0.2, 0) is 14.3 Å². The Morgan fingerprint density at radius 3 is 2.47 bits per heavy atom. The number of ether oxygens (including phenoxy) is 1. The number of unbranched alkanes of at least 4 members (excludes halogenated alkanes) is 1. The lowest BCUT2D eigenvalue weighted by molar-refractivity contribution is -0.145. The number of rotatable bonds is 8. The molecule has 0 N–H and O–H groups in total. The zero-order valence-corrected chi connectivity index (χ0v) is 9.91. The van der Waals surface area contributed by atoms with Gasteiger partial charge in [0.05, 0.1) is 13.2 Å². The van der Waals surface area contributed by atoms with Crippen molar-refractivity contribution in [2.45, 2.75) is 33.1 Å². The highest BCUT2D eigenvalue weighted by molar-refractivity contribution is 5.96. The van der Waals surface area contributed by atoms with Crippen LogP contribution in [0.4, 0.5) is 0 Å². The van der Waals surface area contributed by atoms with Crippen LogP contribution in [0.2, 0.25) is 0 Å². The molecule has 0 rings (SSSR count). The lowest BCUT2D eigenvalue weighted by Gasteiger charge is -2.14. The number of ketones is 1. The number of carbonyl (C=O) groups is 2. The molecule has 0 aromatic carbocycles. The number of likely N-dealkylation sites (N-methyl/N-ethyl adjacent to an activating group) is 1. The van der Waals surface area contributed by atoms with Gasteiger partial charge in [-0.05, 0) is 26.9 Å². The highest BCUT2D eigenvalue weighted by atomic mass is 16.5. The van der Waals surface area contributed by atoms with Crippen molar-refractivity contribution in [3.8, 4) is 0 Å². The molecular formula is C11H21NO3. The molecule has 0 atom stereocenters. The van der Waals surface area contributed by atoms with E-state index in [0.717, 1.165) is 19.4 Å². The molecule has 0 bridgehead atoms. The first-order valence-electron chi connectivity index (χ1n) is 5.46. The minimum absolute atomic E-state index is 0.0768. The molecule has 0 radical (unpaired) electrons. The summed E-state index contributed by atoms with van der Waals surface area (Å²) >= 11 is 0. The van der Waals surface area contributed by atoms with E-state index in [-0.39, 0.29) is 12.2 Å². The van der Waals surface area contributed by atoms with Crippen molar-refractivity contribution in [2.75, 3.05) is 26.7 Å². The Morgan fingerprint density at radius 1 is 1.27 bits per heavy atom. The summed E-state index contributed by atoms with van der Waals surface area (Å²) in [5.74, 6) is -0.501. The summed E-state index contributed by atoms with van der Waals surface area (Å²) in [6, 6.07) is 0. The van der Waals surface area contributed by atoms with E-state index in [1.54, 1.807) is 6.92 Å². The summed E-state index contributed by atoms with van der Waals surface area (Å²) in [5, 5.41) is 0. The molecular weight excluding hydrogens is 194 g/mol. The second kappa shape index (κ2) is 8.41. The van der Waals surface area contributed by atoms with Gasteiger partial charge in [-0.3, -0.25) is 14.5 Å². The highest BCUT2D eigenvalue weighted by Crippen LogP contribution is 1.95. The Morgan fingerprint density at radius 2 is 1.93 bits per heavy atom. The first kappa shape index (κ1) is 14.1. The van der Waals surface area contributed by atoms with Crippen molar-refractivity contribution >= 4 is 11.8 Å².